The quantitative estimate of drug-likeness (QED) is 0.0567. The van der Waals surface area contributed by atoms with Crippen LogP contribution in [-0.4, -0.2) is 132 Å². The zero-order chi connectivity index (χ0) is 48.9. The molecule has 356 valence electrons. The van der Waals surface area contributed by atoms with Gasteiger partial charge in [-0.05, 0) is 30.5 Å². The average Bonchev–Trinajstić information content (AvgIpc) is 3.31. The molecule has 0 heterocycles. The second kappa shape index (κ2) is 37.6. The molecule has 3 amide bonds. The van der Waals surface area contributed by atoms with E-state index in [9.17, 15) is 33.6 Å². The number of hydrogen-bond acceptors (Lipinski definition) is 16. The zero-order valence-electron chi connectivity index (χ0n) is 36.8. The Morgan fingerprint density at radius 3 is 1.12 bits per heavy atom. The Bertz CT molecular complexity index is 1760. The van der Waals surface area contributed by atoms with Crippen molar-refractivity contribution >= 4 is 41.2 Å². The molecule has 0 unspecified atom stereocenters. The monoisotopic (exact) mass is 902 g/mol. The molecular formula is C44H66N6O14. The molecule has 5 atom stereocenters. The van der Waals surface area contributed by atoms with Gasteiger partial charge in [-0.1, -0.05) is 91.0 Å². The number of carboxylic acids is 1. The van der Waals surface area contributed by atoms with Crippen LogP contribution in [0, 0.1) is 11.8 Å². The number of carboxylic acid groups (broad SMARTS) is 1. The van der Waals surface area contributed by atoms with Gasteiger partial charge in [0.15, 0.2) is 0 Å². The van der Waals surface area contributed by atoms with Crippen molar-refractivity contribution < 1.29 is 68.6 Å². The van der Waals surface area contributed by atoms with Crippen LogP contribution in [0.2, 0.25) is 0 Å². The van der Waals surface area contributed by atoms with Gasteiger partial charge in [-0.2, -0.15) is 0 Å². The third kappa shape index (κ3) is 31.0. The Labute approximate surface area is 373 Å². The Balaban J connectivity index is 0. The molecule has 0 fully saturated rings. The fraction of sp³-hybridized carbons (Fsp3) is 0.432. The normalized spacial score (nSPS) is 12.2. The van der Waals surface area contributed by atoms with Crippen molar-refractivity contribution in [3.8, 4) is 0 Å². The van der Waals surface area contributed by atoms with Crippen molar-refractivity contribution in [2.24, 2.45) is 29.0 Å². The summed E-state index contributed by atoms with van der Waals surface area (Å²) >= 11 is 0. The number of aliphatic hydroxyl groups excluding tert-OH is 4. The molecule has 20 nitrogen and oxygen atoms in total. The topological polar surface area (TPSA) is 353 Å². The summed E-state index contributed by atoms with van der Waals surface area (Å²) in [5.41, 5.74) is 18.1. The van der Waals surface area contributed by atoms with Gasteiger partial charge in [-0.3, -0.25) is 24.0 Å². The van der Waals surface area contributed by atoms with Crippen LogP contribution < -0.4 is 33.2 Å². The maximum Gasteiger partial charge on any atom is 0.325 e. The number of Topliss-reactive ketones (excluding diaryl/α,β-unsaturated/α-hetero) is 2. The molecule has 64 heavy (non-hydrogen) atoms. The number of aliphatic carboxylic acids is 1. The first kappa shape index (κ1) is 60.1. The van der Waals surface area contributed by atoms with E-state index in [0.29, 0.717) is 19.6 Å². The van der Waals surface area contributed by atoms with Gasteiger partial charge in [0.25, 0.3) is 0 Å². The lowest BCUT2D eigenvalue weighted by atomic mass is 10.0. The summed E-state index contributed by atoms with van der Waals surface area (Å²) in [6.45, 7) is 2.96. The van der Waals surface area contributed by atoms with E-state index in [1.54, 1.807) is 0 Å². The summed E-state index contributed by atoms with van der Waals surface area (Å²) in [4.78, 5) is 76.6. The SMILES string of the molecule is CC(=O)C[C@H](CO)C(=O)NCc1ccccc1.COC(=O)[C@H](N)CO.COC[C@@H](CC(C)=O)C(=O)NCc1ccccc1.N[C@H](CO)C(=O)NCc1ccccc1.N[C@H](CO)C(=O)O. The van der Waals surface area contributed by atoms with Gasteiger partial charge in [0, 0.05) is 39.6 Å². The number of nitrogens with one attached hydrogen (secondary N) is 3. The van der Waals surface area contributed by atoms with Crippen LogP contribution in [0.25, 0.3) is 0 Å². The molecule has 3 aromatic carbocycles. The summed E-state index contributed by atoms with van der Waals surface area (Å²) < 4.78 is 9.14. The molecule has 0 bridgehead atoms. The van der Waals surface area contributed by atoms with Gasteiger partial charge in [-0.25, -0.2) is 0 Å². The van der Waals surface area contributed by atoms with Crippen LogP contribution in [0.3, 0.4) is 0 Å². The second-order valence-electron chi connectivity index (χ2n) is 13.7. The number of esters is 1. The van der Waals surface area contributed by atoms with Crippen LogP contribution in [0.15, 0.2) is 91.0 Å². The molecule has 0 saturated carbocycles. The minimum absolute atomic E-state index is 0.00749. The molecule has 0 aromatic heterocycles. The average molecular weight is 903 g/mol. The van der Waals surface area contributed by atoms with E-state index in [0.717, 1.165) is 16.7 Å². The molecule has 3 rings (SSSR count). The first-order valence-corrected chi connectivity index (χ1v) is 19.8. The van der Waals surface area contributed by atoms with Crippen LogP contribution in [0.4, 0.5) is 0 Å². The molecule has 0 radical (unpaired) electrons. The number of methoxy groups -OCH3 is 2. The number of benzene rings is 3. The summed E-state index contributed by atoms with van der Waals surface area (Å²) in [5, 5.41) is 49.9. The van der Waals surface area contributed by atoms with Gasteiger partial charge in [0.05, 0.1) is 52.0 Å². The third-order valence-corrected chi connectivity index (χ3v) is 8.07. The van der Waals surface area contributed by atoms with E-state index in [1.165, 1.54) is 28.1 Å². The lowest BCUT2D eigenvalue weighted by molar-refractivity contribution is -0.143. The Hall–Kier alpha value is -5.97. The van der Waals surface area contributed by atoms with Crippen molar-refractivity contribution in [3.05, 3.63) is 108 Å². The highest BCUT2D eigenvalue weighted by atomic mass is 16.5. The number of nitrogens with two attached hydrogens (primary N) is 3. The van der Waals surface area contributed by atoms with E-state index in [4.69, 9.17) is 47.5 Å². The summed E-state index contributed by atoms with van der Waals surface area (Å²) in [5.74, 6) is -3.69. The van der Waals surface area contributed by atoms with E-state index < -0.39 is 48.5 Å². The fourth-order valence-electron chi connectivity index (χ4n) is 4.52. The van der Waals surface area contributed by atoms with Crippen LogP contribution >= 0.6 is 0 Å². The highest BCUT2D eigenvalue weighted by Crippen LogP contribution is 2.07. The highest BCUT2D eigenvalue weighted by molar-refractivity contribution is 5.86. The molecule has 0 saturated heterocycles. The Kier molecular flexibility index (Phi) is 35.3. The second-order valence-corrected chi connectivity index (χ2v) is 13.7. The van der Waals surface area contributed by atoms with E-state index in [-0.39, 0.29) is 68.6 Å². The van der Waals surface area contributed by atoms with Crippen molar-refractivity contribution in [2.45, 2.75) is 64.4 Å². The molecule has 3 aromatic rings. The highest BCUT2D eigenvalue weighted by Gasteiger charge is 2.20. The number of ether oxygens (including phenoxy) is 2. The summed E-state index contributed by atoms with van der Waals surface area (Å²) in [7, 11) is 2.75. The van der Waals surface area contributed by atoms with E-state index in [1.807, 2.05) is 91.0 Å². The van der Waals surface area contributed by atoms with Gasteiger partial charge in [0.1, 0.15) is 29.7 Å². The molecule has 0 spiro atoms. The maximum atomic E-state index is 11.9. The molecule has 14 N–H and O–H groups in total. The lowest BCUT2D eigenvalue weighted by Gasteiger charge is -2.14. The summed E-state index contributed by atoms with van der Waals surface area (Å²) in [6, 6.07) is 25.8. The molecule has 0 aliphatic rings. The van der Waals surface area contributed by atoms with E-state index in [2.05, 4.69) is 20.7 Å². The van der Waals surface area contributed by atoms with Crippen LogP contribution in [-0.2, 0) is 62.7 Å². The van der Waals surface area contributed by atoms with Gasteiger partial charge >= 0.3 is 11.9 Å². The molecule has 0 aliphatic heterocycles. The standard InChI is InChI=1S/C14H19NO3.C13H17NO3.C10H14N2O2.C4H9NO3.C3H7NO3/c1-11(16)8-13(10-18-2)14(17)15-9-12-6-4-3-5-7-12;1-10(16)7-12(9-15)13(17)14-8-11-5-3-2-4-6-11;11-9(7-13)10(14)12-6-8-4-2-1-3-5-8;1-8-4(7)3(5)2-6;4-2(1-5)3(6)7/h3-7,13H,8-10H2,1-2H3,(H,15,17);2-6,12,15H,7-9H2,1H3,(H,14,17);1-5,9,13H,6-7,11H2,(H,12,14);3,6H,2,5H2,1H3;2,5H,1,4H2,(H,6,7)/t13-;12-;9-;3-;2-/m11111/s1. The van der Waals surface area contributed by atoms with Crippen molar-refractivity contribution in [1.29, 1.82) is 0 Å². The van der Waals surface area contributed by atoms with Crippen molar-refractivity contribution in [3.63, 3.8) is 0 Å². The molecular weight excluding hydrogens is 837 g/mol. The Morgan fingerprint density at radius 2 is 0.859 bits per heavy atom. The third-order valence-electron chi connectivity index (χ3n) is 8.07. The predicted octanol–water partition coefficient (Wildman–Crippen LogP) is -1.07. The Morgan fingerprint density at radius 1 is 0.516 bits per heavy atom. The van der Waals surface area contributed by atoms with Gasteiger partial charge in [0.2, 0.25) is 17.7 Å². The maximum absolute atomic E-state index is 11.9. The van der Waals surface area contributed by atoms with Gasteiger partial charge < -0.3 is 77.7 Å². The lowest BCUT2D eigenvalue weighted by Crippen LogP contribution is -2.42. The predicted molar refractivity (Wildman–Crippen MR) is 236 cm³/mol. The molecule has 20 heteroatoms. The summed E-state index contributed by atoms with van der Waals surface area (Å²) in [6.07, 6.45) is 0.297. The number of carbonyl (C=O) groups excluding carboxylic acids is 6. The van der Waals surface area contributed by atoms with E-state index >= 15 is 0 Å². The first-order valence-electron chi connectivity index (χ1n) is 19.8. The van der Waals surface area contributed by atoms with Crippen molar-refractivity contribution in [2.75, 3.05) is 47.3 Å². The minimum atomic E-state index is -1.18. The van der Waals surface area contributed by atoms with Crippen LogP contribution in [0.5, 0.6) is 0 Å². The van der Waals surface area contributed by atoms with Crippen molar-refractivity contribution in [1.82, 2.24) is 16.0 Å². The number of aliphatic hydroxyl groups is 4. The van der Waals surface area contributed by atoms with Gasteiger partial charge in [-0.15, -0.1) is 0 Å². The smallest absolute Gasteiger partial charge is 0.325 e. The first-order chi connectivity index (χ1) is 30.4. The minimum Gasteiger partial charge on any atom is -0.480 e. The number of rotatable bonds is 21. The number of ketones is 2. The fourth-order valence-corrected chi connectivity index (χ4v) is 4.52. The molecule has 0 aliphatic carbocycles. The zero-order valence-corrected chi connectivity index (χ0v) is 36.8. The number of hydrogen-bond donors (Lipinski definition) is 11. The van der Waals surface area contributed by atoms with Crippen LogP contribution in [0.1, 0.15) is 43.4 Å². The number of amides is 3. The largest absolute Gasteiger partial charge is 0.480 e. The number of carbonyl (C=O) groups is 7.